The highest BCUT2D eigenvalue weighted by molar-refractivity contribution is 5.99. The van der Waals surface area contributed by atoms with Gasteiger partial charge in [-0.3, -0.25) is 19.6 Å². The number of nitrogens with one attached hydrogen (secondary N) is 2. The van der Waals surface area contributed by atoms with Gasteiger partial charge in [-0.25, -0.2) is 0 Å². The Kier molecular flexibility index (Phi) is 6.08. The third kappa shape index (κ3) is 3.71. The standard InChI is InChI=1S/C21H26N6O2.ClH/c28-20-18(7-9-27(20)15-4-2-1-3-5-15)25-10-12-26(13-11-25)21(29)19-16-14-22-8-6-17(16)23-24-19;/h1-5,18,22H,6-14H2,(H,23,24);1H. The lowest BCUT2D eigenvalue weighted by atomic mass is 10.1. The van der Waals surface area contributed by atoms with Gasteiger partial charge in [-0.1, -0.05) is 18.2 Å². The number of anilines is 1. The molecule has 160 valence electrons. The third-order valence-electron chi connectivity index (χ3n) is 6.30. The minimum absolute atomic E-state index is 0. The summed E-state index contributed by atoms with van der Waals surface area (Å²) in [5.41, 5.74) is 3.59. The van der Waals surface area contributed by atoms with Crippen LogP contribution in [0.5, 0.6) is 0 Å². The summed E-state index contributed by atoms with van der Waals surface area (Å²) in [6, 6.07) is 9.76. The average molecular weight is 431 g/mol. The van der Waals surface area contributed by atoms with Crippen molar-refractivity contribution in [2.45, 2.75) is 25.4 Å². The Morgan fingerprint density at radius 2 is 1.83 bits per heavy atom. The van der Waals surface area contributed by atoms with Crippen LogP contribution in [0.2, 0.25) is 0 Å². The first-order chi connectivity index (χ1) is 14.2. The Labute approximate surface area is 182 Å². The Morgan fingerprint density at radius 1 is 1.07 bits per heavy atom. The van der Waals surface area contributed by atoms with E-state index in [0.717, 1.165) is 56.0 Å². The van der Waals surface area contributed by atoms with Gasteiger partial charge in [0, 0.05) is 69.2 Å². The number of H-pyrrole nitrogens is 1. The van der Waals surface area contributed by atoms with Crippen LogP contribution in [0.4, 0.5) is 5.69 Å². The highest BCUT2D eigenvalue weighted by atomic mass is 35.5. The van der Waals surface area contributed by atoms with Gasteiger partial charge in [0.05, 0.1) is 6.04 Å². The third-order valence-corrected chi connectivity index (χ3v) is 6.30. The zero-order valence-electron chi connectivity index (χ0n) is 16.8. The van der Waals surface area contributed by atoms with Crippen LogP contribution in [0.15, 0.2) is 30.3 Å². The SMILES string of the molecule is Cl.O=C(c1n[nH]c2c1CNCC2)N1CCN(C2CCN(c3ccccc3)C2=O)CC1. The van der Waals surface area contributed by atoms with Crippen molar-refractivity contribution in [2.75, 3.05) is 44.2 Å². The molecule has 2 amide bonds. The maximum absolute atomic E-state index is 13.0. The predicted molar refractivity (Wildman–Crippen MR) is 116 cm³/mol. The molecular weight excluding hydrogens is 404 g/mol. The molecule has 30 heavy (non-hydrogen) atoms. The van der Waals surface area contributed by atoms with E-state index in [2.05, 4.69) is 20.4 Å². The first-order valence-corrected chi connectivity index (χ1v) is 10.4. The summed E-state index contributed by atoms with van der Waals surface area (Å²) in [6.45, 7) is 5.05. The lowest BCUT2D eigenvalue weighted by Gasteiger charge is -2.37. The number of amides is 2. The normalized spacial score (nSPS) is 22.0. The largest absolute Gasteiger partial charge is 0.335 e. The number of aromatic amines is 1. The number of carbonyl (C=O) groups is 2. The zero-order chi connectivity index (χ0) is 19.8. The Morgan fingerprint density at radius 3 is 2.60 bits per heavy atom. The van der Waals surface area contributed by atoms with Crippen molar-refractivity contribution in [1.29, 1.82) is 0 Å². The molecule has 3 aliphatic rings. The summed E-state index contributed by atoms with van der Waals surface area (Å²) in [5, 5.41) is 10.6. The number of nitrogens with zero attached hydrogens (tertiary/aromatic N) is 4. The number of hydrogen-bond acceptors (Lipinski definition) is 5. The van der Waals surface area contributed by atoms with E-state index >= 15 is 0 Å². The quantitative estimate of drug-likeness (QED) is 0.760. The maximum atomic E-state index is 13.0. The van der Waals surface area contributed by atoms with Crippen molar-refractivity contribution in [2.24, 2.45) is 0 Å². The minimum Gasteiger partial charge on any atom is -0.335 e. The monoisotopic (exact) mass is 430 g/mol. The van der Waals surface area contributed by atoms with Crippen LogP contribution in [0, 0.1) is 0 Å². The molecule has 5 rings (SSSR count). The highest BCUT2D eigenvalue weighted by Gasteiger charge is 2.38. The second-order valence-electron chi connectivity index (χ2n) is 7.91. The van der Waals surface area contributed by atoms with Crippen LogP contribution >= 0.6 is 12.4 Å². The van der Waals surface area contributed by atoms with E-state index in [1.807, 2.05) is 40.1 Å². The molecule has 8 nitrogen and oxygen atoms in total. The Hall–Kier alpha value is -2.42. The van der Waals surface area contributed by atoms with E-state index in [-0.39, 0.29) is 30.3 Å². The molecule has 1 atom stereocenters. The predicted octanol–water partition coefficient (Wildman–Crippen LogP) is 1.04. The number of para-hydroxylation sites is 1. The molecule has 4 heterocycles. The number of piperazine rings is 1. The van der Waals surface area contributed by atoms with E-state index in [1.54, 1.807) is 0 Å². The zero-order valence-corrected chi connectivity index (χ0v) is 17.7. The van der Waals surface area contributed by atoms with Crippen molar-refractivity contribution in [3.05, 3.63) is 47.3 Å². The molecule has 0 aliphatic carbocycles. The summed E-state index contributed by atoms with van der Waals surface area (Å²) in [6.07, 6.45) is 1.71. The van der Waals surface area contributed by atoms with E-state index < -0.39 is 0 Å². The molecule has 2 N–H and O–H groups in total. The van der Waals surface area contributed by atoms with Crippen molar-refractivity contribution in [1.82, 2.24) is 25.3 Å². The number of carbonyl (C=O) groups excluding carboxylic acids is 2. The molecule has 0 bridgehead atoms. The summed E-state index contributed by atoms with van der Waals surface area (Å²) >= 11 is 0. The van der Waals surface area contributed by atoms with Crippen LogP contribution in [0.1, 0.15) is 28.2 Å². The summed E-state index contributed by atoms with van der Waals surface area (Å²) < 4.78 is 0. The van der Waals surface area contributed by atoms with Crippen molar-refractivity contribution in [3.63, 3.8) is 0 Å². The van der Waals surface area contributed by atoms with Gasteiger partial charge in [0.25, 0.3) is 5.91 Å². The maximum Gasteiger partial charge on any atom is 0.274 e. The van der Waals surface area contributed by atoms with E-state index in [1.165, 1.54) is 0 Å². The fourth-order valence-corrected chi connectivity index (χ4v) is 4.66. The molecule has 1 aromatic heterocycles. The van der Waals surface area contributed by atoms with E-state index in [0.29, 0.717) is 25.3 Å². The second-order valence-corrected chi connectivity index (χ2v) is 7.91. The van der Waals surface area contributed by atoms with Gasteiger partial charge >= 0.3 is 0 Å². The molecule has 1 unspecified atom stereocenters. The summed E-state index contributed by atoms with van der Waals surface area (Å²) in [5.74, 6) is 0.165. The molecule has 0 saturated carbocycles. The smallest absolute Gasteiger partial charge is 0.274 e. The molecule has 0 radical (unpaired) electrons. The molecule has 0 spiro atoms. The topological polar surface area (TPSA) is 84.6 Å². The molecular formula is C21H27ClN6O2. The molecule has 1 aromatic carbocycles. The van der Waals surface area contributed by atoms with Crippen LogP contribution in [-0.2, 0) is 17.8 Å². The van der Waals surface area contributed by atoms with E-state index in [4.69, 9.17) is 0 Å². The fourth-order valence-electron chi connectivity index (χ4n) is 4.66. The van der Waals surface area contributed by atoms with Gasteiger partial charge < -0.3 is 15.1 Å². The first-order valence-electron chi connectivity index (χ1n) is 10.4. The van der Waals surface area contributed by atoms with Crippen molar-refractivity contribution < 1.29 is 9.59 Å². The lowest BCUT2D eigenvalue weighted by Crippen LogP contribution is -2.54. The van der Waals surface area contributed by atoms with Crippen LogP contribution < -0.4 is 10.2 Å². The molecule has 2 aromatic rings. The van der Waals surface area contributed by atoms with Gasteiger partial charge in [0.1, 0.15) is 0 Å². The number of benzene rings is 1. The van der Waals surface area contributed by atoms with Gasteiger partial charge in [0.2, 0.25) is 5.91 Å². The van der Waals surface area contributed by atoms with Gasteiger partial charge in [0.15, 0.2) is 5.69 Å². The molecule has 2 fully saturated rings. The fraction of sp³-hybridized carbons (Fsp3) is 0.476. The number of halogens is 1. The summed E-state index contributed by atoms with van der Waals surface area (Å²) in [4.78, 5) is 31.9. The summed E-state index contributed by atoms with van der Waals surface area (Å²) in [7, 11) is 0. The van der Waals surface area contributed by atoms with Crippen molar-refractivity contribution in [3.8, 4) is 0 Å². The average Bonchev–Trinajstić information content (AvgIpc) is 3.38. The first kappa shape index (κ1) is 20.8. The molecule has 2 saturated heterocycles. The van der Waals surface area contributed by atoms with Crippen LogP contribution in [0.3, 0.4) is 0 Å². The van der Waals surface area contributed by atoms with Gasteiger partial charge in [-0.05, 0) is 18.6 Å². The van der Waals surface area contributed by atoms with Crippen LogP contribution in [-0.4, -0.2) is 77.1 Å². The number of aromatic nitrogens is 2. The lowest BCUT2D eigenvalue weighted by molar-refractivity contribution is -0.122. The number of fused-ring (bicyclic) bond motifs is 1. The van der Waals surface area contributed by atoms with Gasteiger partial charge in [-0.15, -0.1) is 12.4 Å². The number of rotatable bonds is 3. The molecule has 3 aliphatic heterocycles. The Balaban J connectivity index is 0.00000218. The second kappa shape index (κ2) is 8.75. The minimum atomic E-state index is -0.0881. The van der Waals surface area contributed by atoms with E-state index in [9.17, 15) is 9.59 Å². The van der Waals surface area contributed by atoms with Gasteiger partial charge in [-0.2, -0.15) is 5.10 Å². The van der Waals surface area contributed by atoms with Crippen LogP contribution in [0.25, 0.3) is 0 Å². The highest BCUT2D eigenvalue weighted by Crippen LogP contribution is 2.25. The number of hydrogen-bond donors (Lipinski definition) is 2. The van der Waals surface area contributed by atoms with Crippen molar-refractivity contribution >= 4 is 29.9 Å². The Bertz CT molecular complexity index is 909. The molecule has 9 heteroatoms.